The third kappa shape index (κ3) is 2.82. The van der Waals surface area contributed by atoms with Gasteiger partial charge in [-0.25, -0.2) is 0 Å². The van der Waals surface area contributed by atoms with E-state index in [-0.39, 0.29) is 17.6 Å². The van der Waals surface area contributed by atoms with E-state index in [1.165, 1.54) is 25.5 Å². The monoisotopic (exact) mass is 290 g/mol. The van der Waals surface area contributed by atoms with Crippen LogP contribution in [0.1, 0.15) is 49.6 Å². The molecule has 1 aromatic heterocycles. The molecule has 2 amide bonds. The molecule has 3 rings (SSSR count). The first-order valence-electron chi connectivity index (χ1n) is 7.81. The number of hydrogen-bond acceptors (Lipinski definition) is 3. The van der Waals surface area contributed by atoms with E-state index in [9.17, 15) is 9.59 Å². The maximum Gasteiger partial charge on any atom is 0.287 e. The fraction of sp³-hybridized carbons (Fsp3) is 0.625. The maximum absolute atomic E-state index is 12.6. The van der Waals surface area contributed by atoms with Crippen LogP contribution >= 0.6 is 0 Å². The van der Waals surface area contributed by atoms with Crippen LogP contribution in [0.25, 0.3) is 0 Å². The average Bonchev–Trinajstić information content (AvgIpc) is 3.06. The molecular formula is C16H22N2O3. The zero-order chi connectivity index (χ0) is 14.8. The lowest BCUT2D eigenvalue weighted by atomic mass is 9.78. The molecule has 2 aliphatic rings. The molecule has 1 saturated heterocycles. The van der Waals surface area contributed by atoms with Crippen LogP contribution in [-0.2, 0) is 4.79 Å². The van der Waals surface area contributed by atoms with Crippen LogP contribution < -0.4 is 5.32 Å². The molecule has 21 heavy (non-hydrogen) atoms. The second-order valence-electron chi connectivity index (χ2n) is 6.10. The van der Waals surface area contributed by atoms with Crippen LogP contribution in [0.2, 0.25) is 0 Å². The van der Waals surface area contributed by atoms with Gasteiger partial charge in [0.15, 0.2) is 5.76 Å². The van der Waals surface area contributed by atoms with Gasteiger partial charge in [-0.05, 0) is 50.7 Å². The van der Waals surface area contributed by atoms with Crippen molar-refractivity contribution in [2.45, 2.75) is 51.1 Å². The van der Waals surface area contributed by atoms with Gasteiger partial charge < -0.3 is 14.6 Å². The normalized spacial score (nSPS) is 23.7. The summed E-state index contributed by atoms with van der Waals surface area (Å²) in [6, 6.07) is 3.13. The van der Waals surface area contributed by atoms with Gasteiger partial charge in [-0.3, -0.25) is 9.59 Å². The van der Waals surface area contributed by atoms with Crippen molar-refractivity contribution in [3.8, 4) is 0 Å². The van der Waals surface area contributed by atoms with E-state index in [4.69, 9.17) is 4.42 Å². The maximum atomic E-state index is 12.6. The van der Waals surface area contributed by atoms with Gasteiger partial charge in [0.25, 0.3) is 5.91 Å². The van der Waals surface area contributed by atoms with Crippen LogP contribution in [-0.4, -0.2) is 35.3 Å². The zero-order valence-electron chi connectivity index (χ0n) is 12.4. The number of rotatable bonds is 4. The van der Waals surface area contributed by atoms with Gasteiger partial charge in [-0.1, -0.05) is 6.42 Å². The number of carbonyl (C=O) groups excluding carboxylic acids is 2. The Labute approximate surface area is 124 Å². The van der Waals surface area contributed by atoms with Crippen LogP contribution in [0.4, 0.5) is 0 Å². The Balaban J connectivity index is 1.60. The molecule has 114 valence electrons. The van der Waals surface area contributed by atoms with Crippen LogP contribution in [0.3, 0.4) is 0 Å². The summed E-state index contributed by atoms with van der Waals surface area (Å²) in [5.41, 5.74) is 0. The Morgan fingerprint density at radius 3 is 2.76 bits per heavy atom. The van der Waals surface area contributed by atoms with Gasteiger partial charge in [0.1, 0.15) is 6.04 Å². The highest BCUT2D eigenvalue weighted by molar-refractivity contribution is 5.95. The lowest BCUT2D eigenvalue weighted by Gasteiger charge is -2.38. The summed E-state index contributed by atoms with van der Waals surface area (Å²) in [6.07, 6.45) is 7.40. The minimum atomic E-state index is -0.511. The molecule has 0 aromatic carbocycles. The first-order chi connectivity index (χ1) is 10.2. The number of likely N-dealkylation sites (tertiary alicyclic amines) is 1. The minimum Gasteiger partial charge on any atom is -0.459 e. The fourth-order valence-corrected chi connectivity index (χ4v) is 3.37. The summed E-state index contributed by atoms with van der Waals surface area (Å²) in [5, 5.41) is 2.73. The van der Waals surface area contributed by atoms with Gasteiger partial charge in [0.2, 0.25) is 5.91 Å². The molecule has 2 atom stereocenters. The molecule has 2 fully saturated rings. The molecule has 0 radical (unpaired) electrons. The Morgan fingerprint density at radius 2 is 2.14 bits per heavy atom. The van der Waals surface area contributed by atoms with E-state index in [0.29, 0.717) is 12.0 Å². The Kier molecular flexibility index (Phi) is 3.99. The Bertz CT molecular complexity index is 508. The molecule has 2 heterocycles. The molecule has 1 aromatic rings. The third-order valence-corrected chi connectivity index (χ3v) is 4.74. The fourth-order valence-electron chi connectivity index (χ4n) is 3.37. The summed E-state index contributed by atoms with van der Waals surface area (Å²) < 4.78 is 5.05. The first kappa shape index (κ1) is 14.2. The van der Waals surface area contributed by atoms with Crippen LogP contribution in [0.5, 0.6) is 0 Å². The quantitative estimate of drug-likeness (QED) is 0.924. The van der Waals surface area contributed by atoms with Crippen molar-refractivity contribution >= 4 is 11.8 Å². The van der Waals surface area contributed by atoms with Gasteiger partial charge in [0, 0.05) is 12.6 Å². The number of carbonyl (C=O) groups is 2. The lowest BCUT2D eigenvalue weighted by molar-refractivity contribution is -0.135. The zero-order valence-corrected chi connectivity index (χ0v) is 12.4. The summed E-state index contributed by atoms with van der Waals surface area (Å²) in [5.74, 6) is 0.612. The SMILES string of the molecule is CC(NC(=O)c1ccco1)C(=O)N1CCCC1C1CCC1. The van der Waals surface area contributed by atoms with Crippen molar-refractivity contribution in [1.29, 1.82) is 0 Å². The van der Waals surface area contributed by atoms with E-state index in [2.05, 4.69) is 5.32 Å². The summed E-state index contributed by atoms with van der Waals surface area (Å²) >= 11 is 0. The summed E-state index contributed by atoms with van der Waals surface area (Å²) in [6.45, 7) is 2.57. The van der Waals surface area contributed by atoms with E-state index in [0.717, 1.165) is 19.4 Å². The van der Waals surface area contributed by atoms with Gasteiger partial charge in [-0.2, -0.15) is 0 Å². The van der Waals surface area contributed by atoms with E-state index >= 15 is 0 Å². The van der Waals surface area contributed by atoms with Crippen molar-refractivity contribution < 1.29 is 14.0 Å². The molecule has 0 bridgehead atoms. The Morgan fingerprint density at radius 1 is 1.33 bits per heavy atom. The highest BCUT2D eigenvalue weighted by Crippen LogP contribution is 2.37. The molecule has 1 N–H and O–H groups in total. The number of furan rings is 1. The molecule has 1 aliphatic heterocycles. The smallest absolute Gasteiger partial charge is 0.287 e. The minimum absolute atomic E-state index is 0.0318. The summed E-state index contributed by atoms with van der Waals surface area (Å²) in [4.78, 5) is 26.5. The number of hydrogen-bond donors (Lipinski definition) is 1. The molecule has 5 heteroatoms. The third-order valence-electron chi connectivity index (χ3n) is 4.74. The molecule has 1 saturated carbocycles. The summed E-state index contributed by atoms with van der Waals surface area (Å²) in [7, 11) is 0. The average molecular weight is 290 g/mol. The van der Waals surface area contributed by atoms with Gasteiger partial charge in [0.05, 0.1) is 6.26 Å². The van der Waals surface area contributed by atoms with Crippen molar-refractivity contribution in [2.75, 3.05) is 6.54 Å². The number of nitrogens with zero attached hydrogens (tertiary/aromatic N) is 1. The lowest BCUT2D eigenvalue weighted by Crippen LogP contribution is -2.50. The molecule has 0 spiro atoms. The number of nitrogens with one attached hydrogen (secondary N) is 1. The van der Waals surface area contributed by atoms with E-state index < -0.39 is 6.04 Å². The predicted octanol–water partition coefficient (Wildman–Crippen LogP) is 2.19. The topological polar surface area (TPSA) is 62.6 Å². The second kappa shape index (κ2) is 5.92. The van der Waals surface area contributed by atoms with Crippen molar-refractivity contribution in [3.63, 3.8) is 0 Å². The van der Waals surface area contributed by atoms with E-state index in [1.807, 2.05) is 4.90 Å². The molecule has 1 aliphatic carbocycles. The molecule has 5 nitrogen and oxygen atoms in total. The molecular weight excluding hydrogens is 268 g/mol. The standard InChI is InChI=1S/C16H22N2O3/c1-11(17-15(19)14-8-4-10-21-14)16(20)18-9-3-7-13(18)12-5-2-6-12/h4,8,10-13H,2-3,5-7,9H2,1H3,(H,17,19). The highest BCUT2D eigenvalue weighted by Gasteiger charge is 2.38. The van der Waals surface area contributed by atoms with Crippen molar-refractivity contribution in [2.24, 2.45) is 5.92 Å². The largest absolute Gasteiger partial charge is 0.459 e. The van der Waals surface area contributed by atoms with Crippen molar-refractivity contribution in [1.82, 2.24) is 10.2 Å². The van der Waals surface area contributed by atoms with Gasteiger partial charge in [-0.15, -0.1) is 0 Å². The first-order valence-corrected chi connectivity index (χ1v) is 7.81. The van der Waals surface area contributed by atoms with E-state index in [1.54, 1.807) is 19.1 Å². The molecule has 2 unspecified atom stereocenters. The van der Waals surface area contributed by atoms with Crippen LogP contribution in [0.15, 0.2) is 22.8 Å². The van der Waals surface area contributed by atoms with Crippen molar-refractivity contribution in [3.05, 3.63) is 24.2 Å². The number of amides is 2. The second-order valence-corrected chi connectivity index (χ2v) is 6.10. The highest BCUT2D eigenvalue weighted by atomic mass is 16.3. The predicted molar refractivity (Wildman–Crippen MR) is 77.7 cm³/mol. The Hall–Kier alpha value is -1.78. The van der Waals surface area contributed by atoms with Crippen LogP contribution in [0, 0.1) is 5.92 Å². The van der Waals surface area contributed by atoms with Gasteiger partial charge >= 0.3 is 0 Å².